The summed E-state index contributed by atoms with van der Waals surface area (Å²) >= 11 is 3.41. The van der Waals surface area contributed by atoms with Crippen molar-refractivity contribution in [3.63, 3.8) is 0 Å². The lowest BCUT2D eigenvalue weighted by atomic mass is 10.2. The molecule has 2 aromatic rings. The van der Waals surface area contributed by atoms with Gasteiger partial charge in [-0.05, 0) is 12.1 Å². The second-order valence-corrected chi connectivity index (χ2v) is 5.52. The first kappa shape index (κ1) is 18.1. The average molecular weight is 399 g/mol. The molecule has 0 heterocycles. The van der Waals surface area contributed by atoms with Gasteiger partial charge in [-0.25, -0.2) is 0 Å². The van der Waals surface area contributed by atoms with Gasteiger partial charge in [-0.1, -0.05) is 15.9 Å². The Balaban J connectivity index is 2.52. The van der Waals surface area contributed by atoms with Crippen molar-refractivity contribution in [1.82, 2.24) is 0 Å². The van der Waals surface area contributed by atoms with Crippen LogP contribution in [0.25, 0.3) is 0 Å². The highest BCUT2D eigenvalue weighted by Crippen LogP contribution is 2.46. The van der Waals surface area contributed by atoms with Gasteiger partial charge in [-0.15, -0.1) is 0 Å². The quantitative estimate of drug-likeness (QED) is 0.693. The molecule has 0 saturated heterocycles. The van der Waals surface area contributed by atoms with E-state index in [0.717, 1.165) is 4.47 Å². The van der Waals surface area contributed by atoms with Gasteiger partial charge in [0.2, 0.25) is 11.5 Å². The van der Waals surface area contributed by atoms with Crippen LogP contribution in [0.1, 0.15) is 0 Å². The van der Waals surface area contributed by atoms with Gasteiger partial charge in [0.15, 0.2) is 23.0 Å². The van der Waals surface area contributed by atoms with Crippen LogP contribution in [-0.2, 0) is 0 Å². The van der Waals surface area contributed by atoms with Crippen LogP contribution >= 0.6 is 15.9 Å². The van der Waals surface area contributed by atoms with Gasteiger partial charge < -0.3 is 28.4 Å². The van der Waals surface area contributed by atoms with E-state index in [1.54, 1.807) is 59.8 Å². The van der Waals surface area contributed by atoms with Crippen LogP contribution in [-0.4, -0.2) is 35.5 Å². The third kappa shape index (κ3) is 3.62. The molecule has 0 fully saturated rings. The van der Waals surface area contributed by atoms with E-state index in [2.05, 4.69) is 15.9 Å². The summed E-state index contributed by atoms with van der Waals surface area (Å²) in [4.78, 5) is 0. The molecule has 0 N–H and O–H groups in total. The predicted octanol–water partition coefficient (Wildman–Crippen LogP) is 4.28. The highest BCUT2D eigenvalue weighted by Gasteiger charge is 2.18. The fraction of sp³-hybridized carbons (Fsp3) is 0.294. The van der Waals surface area contributed by atoms with Gasteiger partial charge in [0.25, 0.3) is 0 Å². The van der Waals surface area contributed by atoms with E-state index in [0.29, 0.717) is 40.2 Å². The molecule has 0 aromatic heterocycles. The van der Waals surface area contributed by atoms with Crippen LogP contribution in [0.4, 0.5) is 0 Å². The first-order valence-corrected chi connectivity index (χ1v) is 7.76. The highest BCUT2D eigenvalue weighted by atomic mass is 79.9. The molecule has 24 heavy (non-hydrogen) atoms. The largest absolute Gasteiger partial charge is 0.493 e. The Kier molecular flexibility index (Phi) is 6.03. The molecule has 2 aromatic carbocycles. The van der Waals surface area contributed by atoms with Crippen molar-refractivity contribution in [3.8, 4) is 40.2 Å². The summed E-state index contributed by atoms with van der Waals surface area (Å²) < 4.78 is 33.5. The summed E-state index contributed by atoms with van der Waals surface area (Å²) in [5, 5.41) is 0. The van der Waals surface area contributed by atoms with E-state index < -0.39 is 0 Å². The van der Waals surface area contributed by atoms with E-state index in [4.69, 9.17) is 28.4 Å². The lowest BCUT2D eigenvalue weighted by Gasteiger charge is -2.17. The minimum Gasteiger partial charge on any atom is -0.493 e. The molecule has 0 atom stereocenters. The SMILES string of the molecule is COc1cc(Oc2c(OC)cc(Br)cc2OC)cc(OC)c1OC. The monoisotopic (exact) mass is 398 g/mol. The minimum atomic E-state index is 0.442. The van der Waals surface area contributed by atoms with Gasteiger partial charge in [0.05, 0.1) is 35.5 Å². The highest BCUT2D eigenvalue weighted by molar-refractivity contribution is 9.10. The molecule has 0 amide bonds. The molecule has 0 aliphatic carbocycles. The second kappa shape index (κ2) is 8.01. The van der Waals surface area contributed by atoms with E-state index in [9.17, 15) is 0 Å². The molecular weight excluding hydrogens is 380 g/mol. The zero-order valence-corrected chi connectivity index (χ0v) is 15.7. The first-order chi connectivity index (χ1) is 11.6. The molecule has 0 radical (unpaired) electrons. The van der Waals surface area contributed by atoms with Crippen molar-refractivity contribution in [1.29, 1.82) is 0 Å². The molecule has 2 rings (SSSR count). The van der Waals surface area contributed by atoms with Crippen LogP contribution in [0.3, 0.4) is 0 Å². The molecule has 130 valence electrons. The fourth-order valence-corrected chi connectivity index (χ4v) is 2.60. The zero-order valence-electron chi connectivity index (χ0n) is 14.1. The van der Waals surface area contributed by atoms with Crippen molar-refractivity contribution in [2.75, 3.05) is 35.5 Å². The molecule has 0 aliphatic rings. The van der Waals surface area contributed by atoms with E-state index in [-0.39, 0.29) is 0 Å². The van der Waals surface area contributed by atoms with Crippen LogP contribution in [0.2, 0.25) is 0 Å². The molecular formula is C17H19BrO6. The Morgan fingerprint density at radius 2 is 1.00 bits per heavy atom. The number of halogens is 1. The minimum absolute atomic E-state index is 0.442. The number of methoxy groups -OCH3 is 5. The normalized spacial score (nSPS) is 10.1. The third-order valence-corrected chi connectivity index (χ3v) is 3.74. The van der Waals surface area contributed by atoms with Crippen molar-refractivity contribution in [3.05, 3.63) is 28.7 Å². The van der Waals surface area contributed by atoms with Crippen LogP contribution in [0.15, 0.2) is 28.7 Å². The maximum atomic E-state index is 5.98. The number of ether oxygens (including phenoxy) is 6. The average Bonchev–Trinajstić information content (AvgIpc) is 2.61. The summed E-state index contributed by atoms with van der Waals surface area (Å²) in [5.74, 6) is 3.44. The van der Waals surface area contributed by atoms with E-state index >= 15 is 0 Å². The molecule has 0 spiro atoms. The molecule has 7 heteroatoms. The van der Waals surface area contributed by atoms with Gasteiger partial charge in [0.1, 0.15) is 5.75 Å². The Bertz CT molecular complexity index is 666. The van der Waals surface area contributed by atoms with Gasteiger partial charge in [-0.2, -0.15) is 0 Å². The van der Waals surface area contributed by atoms with Gasteiger partial charge in [-0.3, -0.25) is 0 Å². The lowest BCUT2D eigenvalue weighted by Crippen LogP contribution is -1.98. The second-order valence-electron chi connectivity index (χ2n) is 4.60. The first-order valence-electron chi connectivity index (χ1n) is 6.97. The molecule has 0 aliphatic heterocycles. The fourth-order valence-electron chi connectivity index (χ4n) is 2.18. The van der Waals surface area contributed by atoms with Crippen LogP contribution in [0.5, 0.6) is 40.2 Å². The molecule has 6 nitrogen and oxygen atoms in total. The van der Waals surface area contributed by atoms with E-state index in [1.807, 2.05) is 0 Å². The molecule has 0 bridgehead atoms. The number of benzene rings is 2. The standard InChI is InChI=1S/C17H19BrO6/c1-19-12-6-10(18)7-13(20-2)17(12)24-11-8-14(21-3)16(23-5)15(9-11)22-4/h6-9H,1-5H3. The van der Waals surface area contributed by atoms with Crippen LogP contribution < -0.4 is 28.4 Å². The number of rotatable bonds is 7. The van der Waals surface area contributed by atoms with Gasteiger partial charge >= 0.3 is 0 Å². The topological polar surface area (TPSA) is 55.4 Å². The summed E-state index contributed by atoms with van der Waals surface area (Å²) in [6.07, 6.45) is 0. The summed E-state index contributed by atoms with van der Waals surface area (Å²) in [7, 11) is 7.75. The summed E-state index contributed by atoms with van der Waals surface area (Å²) in [6.45, 7) is 0. The number of hydrogen-bond donors (Lipinski definition) is 0. The summed E-state index contributed by atoms with van der Waals surface area (Å²) in [6, 6.07) is 6.97. The Morgan fingerprint density at radius 1 is 0.583 bits per heavy atom. The van der Waals surface area contributed by atoms with Crippen molar-refractivity contribution in [2.45, 2.75) is 0 Å². The molecule has 0 saturated carbocycles. The predicted molar refractivity (Wildman–Crippen MR) is 93.4 cm³/mol. The van der Waals surface area contributed by atoms with Gasteiger partial charge in [0, 0.05) is 16.6 Å². The zero-order chi connectivity index (χ0) is 17.7. The summed E-state index contributed by atoms with van der Waals surface area (Å²) in [5.41, 5.74) is 0. The van der Waals surface area contributed by atoms with E-state index in [1.165, 1.54) is 0 Å². The smallest absolute Gasteiger partial charge is 0.211 e. The lowest BCUT2D eigenvalue weighted by molar-refractivity contribution is 0.317. The number of hydrogen-bond acceptors (Lipinski definition) is 6. The Hall–Kier alpha value is -2.28. The maximum absolute atomic E-state index is 5.98. The van der Waals surface area contributed by atoms with Crippen molar-refractivity contribution in [2.24, 2.45) is 0 Å². The Labute approximate surface area is 149 Å². The van der Waals surface area contributed by atoms with Crippen molar-refractivity contribution < 1.29 is 28.4 Å². The maximum Gasteiger partial charge on any atom is 0.211 e. The Morgan fingerprint density at radius 3 is 1.38 bits per heavy atom. The van der Waals surface area contributed by atoms with Crippen molar-refractivity contribution >= 4 is 15.9 Å². The molecule has 0 unspecified atom stereocenters. The van der Waals surface area contributed by atoms with Crippen LogP contribution in [0, 0.1) is 0 Å². The third-order valence-electron chi connectivity index (χ3n) is 3.28.